The Kier molecular flexibility index (Phi) is 9.63. The molecule has 0 fully saturated rings. The van der Waals surface area contributed by atoms with Gasteiger partial charge in [0.15, 0.2) is 0 Å². The number of benzene rings is 2. The molecule has 2 rings (SSSR count). The molecule has 26 heavy (non-hydrogen) atoms. The summed E-state index contributed by atoms with van der Waals surface area (Å²) in [6, 6.07) is 11.1. The second-order valence-corrected chi connectivity index (χ2v) is 7.65. The first-order chi connectivity index (χ1) is 12.6. The molecule has 2 nitrogen and oxygen atoms in total. The van der Waals surface area contributed by atoms with Crippen LogP contribution in [0.25, 0.3) is 0 Å². The summed E-state index contributed by atoms with van der Waals surface area (Å²) in [5, 5.41) is 5.42. The van der Waals surface area contributed by atoms with Crippen LogP contribution in [0.2, 0.25) is 15.1 Å². The van der Waals surface area contributed by atoms with E-state index in [0.717, 1.165) is 30.0 Å². The largest absolute Gasteiger partial charge is 0.489 e. The highest BCUT2D eigenvalue weighted by Crippen LogP contribution is 2.26. The average molecular weight is 415 g/mol. The van der Waals surface area contributed by atoms with Crippen LogP contribution in [0.15, 0.2) is 36.4 Å². The summed E-state index contributed by atoms with van der Waals surface area (Å²) >= 11 is 18.3. The monoisotopic (exact) mass is 413 g/mol. The van der Waals surface area contributed by atoms with Crippen LogP contribution >= 0.6 is 34.8 Å². The summed E-state index contributed by atoms with van der Waals surface area (Å²) in [6.45, 7) is 4.36. The molecule has 0 radical (unpaired) electrons. The number of halogens is 3. The zero-order valence-electron chi connectivity index (χ0n) is 15.2. The molecular formula is C21H26Cl3NO. The van der Waals surface area contributed by atoms with Crippen LogP contribution in [-0.4, -0.2) is 6.54 Å². The van der Waals surface area contributed by atoms with Gasteiger partial charge in [0.1, 0.15) is 12.4 Å². The molecule has 0 saturated heterocycles. The Balaban J connectivity index is 1.88. The van der Waals surface area contributed by atoms with Crippen LogP contribution in [0.4, 0.5) is 0 Å². The van der Waals surface area contributed by atoms with Crippen molar-refractivity contribution in [3.05, 3.63) is 62.6 Å². The zero-order chi connectivity index (χ0) is 18.8. The molecule has 142 valence electrons. The third kappa shape index (κ3) is 7.36. The number of hydrogen-bond acceptors (Lipinski definition) is 2. The Morgan fingerprint density at radius 3 is 2.35 bits per heavy atom. The lowest BCUT2D eigenvalue weighted by molar-refractivity contribution is 0.302. The molecule has 0 aliphatic carbocycles. The fourth-order valence-electron chi connectivity index (χ4n) is 2.70. The Labute approximate surface area is 171 Å². The van der Waals surface area contributed by atoms with Gasteiger partial charge >= 0.3 is 0 Å². The Morgan fingerprint density at radius 1 is 0.846 bits per heavy atom. The second kappa shape index (κ2) is 11.7. The SMILES string of the molecule is CCCCCCCNCc1cc(Cl)ccc1OCc1ccc(Cl)cc1Cl. The van der Waals surface area contributed by atoms with E-state index in [1.807, 2.05) is 30.3 Å². The molecule has 0 aliphatic rings. The molecule has 2 aromatic rings. The normalized spacial score (nSPS) is 10.9. The van der Waals surface area contributed by atoms with Crippen molar-refractivity contribution in [1.82, 2.24) is 5.32 Å². The van der Waals surface area contributed by atoms with Crippen LogP contribution in [0.1, 0.15) is 50.2 Å². The van der Waals surface area contributed by atoms with Crippen molar-refractivity contribution in [3.8, 4) is 5.75 Å². The zero-order valence-corrected chi connectivity index (χ0v) is 17.4. The van der Waals surface area contributed by atoms with E-state index in [4.69, 9.17) is 39.5 Å². The molecule has 0 aliphatic heterocycles. The van der Waals surface area contributed by atoms with Crippen molar-refractivity contribution in [3.63, 3.8) is 0 Å². The van der Waals surface area contributed by atoms with Crippen molar-refractivity contribution >= 4 is 34.8 Å². The van der Waals surface area contributed by atoms with E-state index in [-0.39, 0.29) is 0 Å². The van der Waals surface area contributed by atoms with Gasteiger partial charge in [-0.05, 0) is 43.3 Å². The first kappa shape index (κ1) is 21.4. The van der Waals surface area contributed by atoms with Gasteiger partial charge in [-0.1, -0.05) is 73.5 Å². The Morgan fingerprint density at radius 2 is 1.58 bits per heavy atom. The quantitative estimate of drug-likeness (QED) is 0.390. The molecule has 5 heteroatoms. The maximum Gasteiger partial charge on any atom is 0.124 e. The van der Waals surface area contributed by atoms with Crippen molar-refractivity contribution in [2.75, 3.05) is 6.54 Å². The third-order valence-corrected chi connectivity index (χ3v) is 5.02. The lowest BCUT2D eigenvalue weighted by atomic mass is 10.1. The van der Waals surface area contributed by atoms with E-state index < -0.39 is 0 Å². The number of rotatable bonds is 11. The fraction of sp³-hybridized carbons (Fsp3) is 0.429. The number of hydrogen-bond donors (Lipinski definition) is 1. The number of unbranched alkanes of at least 4 members (excludes halogenated alkanes) is 4. The van der Waals surface area contributed by atoms with E-state index in [1.54, 1.807) is 6.07 Å². The van der Waals surface area contributed by atoms with Crippen molar-refractivity contribution in [2.45, 2.75) is 52.2 Å². The molecule has 0 unspecified atom stereocenters. The smallest absolute Gasteiger partial charge is 0.124 e. The lowest BCUT2D eigenvalue weighted by Crippen LogP contribution is -2.15. The Hall–Kier alpha value is -0.930. The van der Waals surface area contributed by atoms with Gasteiger partial charge in [0.2, 0.25) is 0 Å². The number of nitrogens with one attached hydrogen (secondary N) is 1. The van der Waals surface area contributed by atoms with Crippen molar-refractivity contribution in [2.24, 2.45) is 0 Å². The third-order valence-electron chi connectivity index (χ3n) is 4.19. The van der Waals surface area contributed by atoms with Crippen molar-refractivity contribution < 1.29 is 4.74 Å². The van der Waals surface area contributed by atoms with E-state index in [2.05, 4.69) is 12.2 Å². The molecule has 0 saturated carbocycles. The average Bonchev–Trinajstić information content (AvgIpc) is 2.61. The molecule has 2 aromatic carbocycles. The van der Waals surface area contributed by atoms with Crippen LogP contribution in [0.5, 0.6) is 5.75 Å². The topological polar surface area (TPSA) is 21.3 Å². The van der Waals surface area contributed by atoms with E-state index in [1.165, 1.54) is 32.1 Å². The van der Waals surface area contributed by atoms with Gasteiger partial charge in [0.05, 0.1) is 0 Å². The highest BCUT2D eigenvalue weighted by Gasteiger charge is 2.07. The van der Waals surface area contributed by atoms with E-state index in [0.29, 0.717) is 21.7 Å². The summed E-state index contributed by atoms with van der Waals surface area (Å²) in [4.78, 5) is 0. The van der Waals surface area contributed by atoms with E-state index >= 15 is 0 Å². The second-order valence-electron chi connectivity index (χ2n) is 6.37. The molecule has 1 N–H and O–H groups in total. The van der Waals surface area contributed by atoms with Gasteiger partial charge in [-0.2, -0.15) is 0 Å². The molecule has 0 atom stereocenters. The maximum atomic E-state index is 6.22. The molecule has 0 aromatic heterocycles. The van der Waals surface area contributed by atoms with E-state index in [9.17, 15) is 0 Å². The highest BCUT2D eigenvalue weighted by atomic mass is 35.5. The van der Waals surface area contributed by atoms with Gasteiger partial charge in [0, 0.05) is 32.7 Å². The first-order valence-corrected chi connectivity index (χ1v) is 10.3. The van der Waals surface area contributed by atoms with Gasteiger partial charge in [-0.25, -0.2) is 0 Å². The minimum atomic E-state index is 0.391. The van der Waals surface area contributed by atoms with Crippen LogP contribution < -0.4 is 10.1 Å². The molecule has 0 bridgehead atoms. The summed E-state index contributed by atoms with van der Waals surface area (Å²) in [5.74, 6) is 0.818. The summed E-state index contributed by atoms with van der Waals surface area (Å²) in [5.41, 5.74) is 1.96. The minimum absolute atomic E-state index is 0.391. The van der Waals surface area contributed by atoms with Gasteiger partial charge < -0.3 is 10.1 Å². The molecule has 0 spiro atoms. The summed E-state index contributed by atoms with van der Waals surface area (Å²) < 4.78 is 5.98. The van der Waals surface area contributed by atoms with Crippen LogP contribution in [0, 0.1) is 0 Å². The van der Waals surface area contributed by atoms with Gasteiger partial charge in [-0.15, -0.1) is 0 Å². The lowest BCUT2D eigenvalue weighted by Gasteiger charge is -2.14. The number of ether oxygens (including phenoxy) is 1. The van der Waals surface area contributed by atoms with Gasteiger partial charge in [-0.3, -0.25) is 0 Å². The highest BCUT2D eigenvalue weighted by molar-refractivity contribution is 6.35. The predicted molar refractivity (Wildman–Crippen MR) is 113 cm³/mol. The Bertz CT molecular complexity index is 691. The van der Waals surface area contributed by atoms with Crippen LogP contribution in [-0.2, 0) is 13.2 Å². The molecule has 0 heterocycles. The molecule has 0 amide bonds. The van der Waals surface area contributed by atoms with Crippen LogP contribution in [0.3, 0.4) is 0 Å². The van der Waals surface area contributed by atoms with Crippen molar-refractivity contribution in [1.29, 1.82) is 0 Å². The summed E-state index contributed by atoms with van der Waals surface area (Å²) in [7, 11) is 0. The maximum absolute atomic E-state index is 6.22. The fourth-order valence-corrected chi connectivity index (χ4v) is 3.36. The molecular weight excluding hydrogens is 389 g/mol. The first-order valence-electron chi connectivity index (χ1n) is 9.16. The van der Waals surface area contributed by atoms with Gasteiger partial charge in [0.25, 0.3) is 0 Å². The standard InChI is InChI=1S/C21H26Cl3NO/c1-2-3-4-5-6-11-25-14-17-12-18(22)9-10-21(17)26-15-16-7-8-19(23)13-20(16)24/h7-10,12-13,25H,2-6,11,14-15H2,1H3. The minimum Gasteiger partial charge on any atom is -0.489 e. The summed E-state index contributed by atoms with van der Waals surface area (Å²) in [6.07, 6.45) is 6.37. The predicted octanol–water partition coefficient (Wildman–Crippen LogP) is 7.29.